The molecule has 1 aromatic heterocycles. The van der Waals surface area contributed by atoms with Crippen molar-refractivity contribution >= 4 is 11.3 Å². The highest BCUT2D eigenvalue weighted by Gasteiger charge is 2.17. The molecule has 1 atom stereocenters. The minimum absolute atomic E-state index is 0.228. The molecule has 0 aliphatic rings. The van der Waals surface area contributed by atoms with Gasteiger partial charge in [-0.2, -0.15) is 0 Å². The van der Waals surface area contributed by atoms with Gasteiger partial charge in [-0.15, -0.1) is 11.3 Å². The van der Waals surface area contributed by atoms with E-state index in [4.69, 9.17) is 0 Å². The van der Waals surface area contributed by atoms with Crippen LogP contribution in [0.25, 0.3) is 0 Å². The van der Waals surface area contributed by atoms with Gasteiger partial charge in [-0.05, 0) is 41.2 Å². The highest BCUT2D eigenvalue weighted by atomic mass is 32.1. The van der Waals surface area contributed by atoms with Crippen LogP contribution in [0.2, 0.25) is 0 Å². The molecular formula is C14H27N3S. The number of nitrogens with zero attached hydrogens (tertiary/aromatic N) is 2. The van der Waals surface area contributed by atoms with Gasteiger partial charge in [-0.1, -0.05) is 6.92 Å². The van der Waals surface area contributed by atoms with Crippen molar-refractivity contribution in [1.29, 1.82) is 0 Å². The molecule has 0 amide bonds. The molecule has 0 fully saturated rings. The molecule has 1 heterocycles. The lowest BCUT2D eigenvalue weighted by molar-refractivity contribution is 0.221. The summed E-state index contributed by atoms with van der Waals surface area (Å²) in [6.45, 7) is 13.0. The Kier molecular flexibility index (Phi) is 5.76. The summed E-state index contributed by atoms with van der Waals surface area (Å²) in [6, 6.07) is 0.512. The number of aryl methyl sites for hydroxylation is 1. The average Bonchev–Trinajstić information content (AvgIpc) is 2.71. The molecule has 0 saturated carbocycles. The molecule has 1 aromatic rings. The van der Waals surface area contributed by atoms with E-state index >= 15 is 0 Å². The predicted molar refractivity (Wildman–Crippen MR) is 80.2 cm³/mol. The standard InChI is InChI=1S/C14H27N3S/c1-7-14(4,5)15-8-11(2)17(6)9-13-10-18-12(3)16-13/h10-11,15H,7-9H2,1-6H3. The maximum absolute atomic E-state index is 4.51. The van der Waals surface area contributed by atoms with Crippen molar-refractivity contribution in [2.75, 3.05) is 13.6 Å². The van der Waals surface area contributed by atoms with Crippen LogP contribution in [0.1, 0.15) is 44.8 Å². The molecule has 1 N–H and O–H groups in total. The Morgan fingerprint density at radius 1 is 1.50 bits per heavy atom. The largest absolute Gasteiger partial charge is 0.310 e. The van der Waals surface area contributed by atoms with Gasteiger partial charge in [0.1, 0.15) is 0 Å². The molecule has 0 bridgehead atoms. The first-order chi connectivity index (χ1) is 8.34. The highest BCUT2D eigenvalue weighted by Crippen LogP contribution is 2.12. The van der Waals surface area contributed by atoms with E-state index in [0.29, 0.717) is 6.04 Å². The molecule has 0 radical (unpaired) electrons. The summed E-state index contributed by atoms with van der Waals surface area (Å²) in [5.74, 6) is 0. The van der Waals surface area contributed by atoms with Crippen LogP contribution in [0.4, 0.5) is 0 Å². The maximum Gasteiger partial charge on any atom is 0.0897 e. The van der Waals surface area contributed by atoms with E-state index in [1.807, 2.05) is 0 Å². The van der Waals surface area contributed by atoms with Crippen LogP contribution >= 0.6 is 11.3 Å². The zero-order chi connectivity index (χ0) is 13.8. The summed E-state index contributed by atoms with van der Waals surface area (Å²) in [5, 5.41) is 6.92. The van der Waals surface area contributed by atoms with Crippen LogP contribution in [-0.4, -0.2) is 35.1 Å². The van der Waals surface area contributed by atoms with E-state index in [-0.39, 0.29) is 5.54 Å². The first-order valence-corrected chi connectivity index (χ1v) is 7.58. The van der Waals surface area contributed by atoms with E-state index in [1.165, 1.54) is 5.69 Å². The van der Waals surface area contributed by atoms with Gasteiger partial charge in [0.25, 0.3) is 0 Å². The smallest absolute Gasteiger partial charge is 0.0897 e. The van der Waals surface area contributed by atoms with Crippen LogP contribution in [0.3, 0.4) is 0 Å². The van der Waals surface area contributed by atoms with Gasteiger partial charge < -0.3 is 5.32 Å². The third kappa shape index (κ3) is 5.04. The number of rotatable bonds is 7. The Morgan fingerprint density at radius 2 is 2.17 bits per heavy atom. The molecular weight excluding hydrogens is 242 g/mol. The second-order valence-corrected chi connectivity index (χ2v) is 6.80. The van der Waals surface area contributed by atoms with Crippen molar-refractivity contribution in [1.82, 2.24) is 15.2 Å². The number of hydrogen-bond donors (Lipinski definition) is 1. The third-order valence-electron chi connectivity index (χ3n) is 3.59. The maximum atomic E-state index is 4.51. The average molecular weight is 269 g/mol. The molecule has 0 spiro atoms. The van der Waals surface area contributed by atoms with Gasteiger partial charge >= 0.3 is 0 Å². The Bertz CT molecular complexity index is 360. The number of hydrogen-bond acceptors (Lipinski definition) is 4. The Morgan fingerprint density at radius 3 is 2.67 bits per heavy atom. The minimum Gasteiger partial charge on any atom is -0.310 e. The number of thiazole rings is 1. The SMILES string of the molecule is CCC(C)(C)NCC(C)N(C)Cc1csc(C)n1. The zero-order valence-corrected chi connectivity index (χ0v) is 13.4. The van der Waals surface area contributed by atoms with Gasteiger partial charge in [0.05, 0.1) is 10.7 Å². The van der Waals surface area contributed by atoms with Crippen molar-refractivity contribution in [3.63, 3.8) is 0 Å². The summed E-state index contributed by atoms with van der Waals surface area (Å²) in [4.78, 5) is 6.87. The van der Waals surface area contributed by atoms with E-state index in [9.17, 15) is 0 Å². The summed E-state index contributed by atoms with van der Waals surface area (Å²) >= 11 is 1.73. The second-order valence-electron chi connectivity index (χ2n) is 5.74. The lowest BCUT2D eigenvalue weighted by atomic mass is 10.0. The van der Waals surface area contributed by atoms with Gasteiger partial charge in [0, 0.05) is 30.1 Å². The topological polar surface area (TPSA) is 28.2 Å². The lowest BCUT2D eigenvalue weighted by Gasteiger charge is -2.30. The van der Waals surface area contributed by atoms with Crippen molar-refractivity contribution in [2.24, 2.45) is 0 Å². The fourth-order valence-corrected chi connectivity index (χ4v) is 2.20. The summed E-state index contributed by atoms with van der Waals surface area (Å²) in [6.07, 6.45) is 1.15. The molecule has 4 heteroatoms. The van der Waals surface area contributed by atoms with Crippen molar-refractivity contribution in [3.8, 4) is 0 Å². The highest BCUT2D eigenvalue weighted by molar-refractivity contribution is 7.09. The summed E-state index contributed by atoms with van der Waals surface area (Å²) in [7, 11) is 2.17. The van der Waals surface area contributed by atoms with Crippen LogP contribution in [0, 0.1) is 6.92 Å². The Labute approximate surface area is 116 Å². The van der Waals surface area contributed by atoms with Crippen LogP contribution in [0.15, 0.2) is 5.38 Å². The molecule has 18 heavy (non-hydrogen) atoms. The second kappa shape index (κ2) is 6.64. The number of aromatic nitrogens is 1. The fourth-order valence-electron chi connectivity index (χ4n) is 1.60. The fraction of sp³-hybridized carbons (Fsp3) is 0.786. The molecule has 0 aliphatic carbocycles. The third-order valence-corrected chi connectivity index (χ3v) is 4.41. The van der Waals surface area contributed by atoms with Crippen molar-refractivity contribution in [3.05, 3.63) is 16.1 Å². The predicted octanol–water partition coefficient (Wildman–Crippen LogP) is 3.05. The van der Waals surface area contributed by atoms with E-state index in [2.05, 4.69) is 62.2 Å². The Hall–Kier alpha value is -0.450. The van der Waals surface area contributed by atoms with Gasteiger partial charge in [-0.3, -0.25) is 4.90 Å². The normalized spacial score (nSPS) is 14.2. The quantitative estimate of drug-likeness (QED) is 0.824. The Balaban J connectivity index is 2.39. The summed E-state index contributed by atoms with van der Waals surface area (Å²) in [5.41, 5.74) is 1.41. The molecule has 104 valence electrons. The van der Waals surface area contributed by atoms with Crippen molar-refractivity contribution < 1.29 is 0 Å². The van der Waals surface area contributed by atoms with Gasteiger partial charge in [0.2, 0.25) is 0 Å². The molecule has 3 nitrogen and oxygen atoms in total. The van der Waals surface area contributed by atoms with Gasteiger partial charge in [0.15, 0.2) is 0 Å². The lowest BCUT2D eigenvalue weighted by Crippen LogP contribution is -2.46. The van der Waals surface area contributed by atoms with E-state index < -0.39 is 0 Å². The van der Waals surface area contributed by atoms with Crippen LogP contribution in [0.5, 0.6) is 0 Å². The molecule has 0 aromatic carbocycles. The molecule has 1 unspecified atom stereocenters. The van der Waals surface area contributed by atoms with Gasteiger partial charge in [-0.25, -0.2) is 4.98 Å². The van der Waals surface area contributed by atoms with Crippen LogP contribution in [-0.2, 0) is 6.54 Å². The summed E-state index contributed by atoms with van der Waals surface area (Å²) < 4.78 is 0. The number of nitrogens with one attached hydrogen (secondary N) is 1. The first kappa shape index (κ1) is 15.6. The molecule has 1 rings (SSSR count). The zero-order valence-electron chi connectivity index (χ0n) is 12.6. The minimum atomic E-state index is 0.228. The first-order valence-electron chi connectivity index (χ1n) is 6.70. The molecule has 0 saturated heterocycles. The number of likely N-dealkylation sites (N-methyl/N-ethyl adjacent to an activating group) is 1. The van der Waals surface area contributed by atoms with Crippen LogP contribution < -0.4 is 5.32 Å². The molecule has 0 aliphatic heterocycles. The van der Waals surface area contributed by atoms with E-state index in [1.54, 1.807) is 11.3 Å². The monoisotopic (exact) mass is 269 g/mol. The van der Waals surface area contributed by atoms with Crippen molar-refractivity contribution in [2.45, 2.75) is 59.2 Å². The van der Waals surface area contributed by atoms with E-state index in [0.717, 1.165) is 24.5 Å².